The molecule has 2 aromatic carbocycles. The van der Waals surface area contributed by atoms with Gasteiger partial charge in [0.25, 0.3) is 6.43 Å². The van der Waals surface area contributed by atoms with Gasteiger partial charge in [-0.05, 0) is 42.0 Å². The average molecular weight is 472 g/mol. The summed E-state index contributed by atoms with van der Waals surface area (Å²) in [4.78, 5) is 37.7. The van der Waals surface area contributed by atoms with Gasteiger partial charge in [-0.1, -0.05) is 48.5 Å². The lowest BCUT2D eigenvalue weighted by atomic mass is 9.98. The molecule has 0 radical (unpaired) electrons. The van der Waals surface area contributed by atoms with E-state index in [1.54, 1.807) is 0 Å². The number of ether oxygens (including phenoxy) is 1. The summed E-state index contributed by atoms with van der Waals surface area (Å²) in [5.74, 6) is -2.16. The Hall–Kier alpha value is -3.49. The highest BCUT2D eigenvalue weighted by Gasteiger charge is 2.46. The van der Waals surface area contributed by atoms with Gasteiger partial charge >= 0.3 is 12.1 Å². The molecule has 2 aliphatic rings. The molecule has 0 saturated carbocycles. The highest BCUT2D eigenvalue weighted by molar-refractivity contribution is 5.88. The van der Waals surface area contributed by atoms with E-state index in [0.29, 0.717) is 6.42 Å². The number of alkyl carbamates (subject to hydrolysis) is 1. The maximum atomic E-state index is 13.6. The van der Waals surface area contributed by atoms with Gasteiger partial charge in [0.05, 0.1) is 6.42 Å². The van der Waals surface area contributed by atoms with Crippen molar-refractivity contribution < 1.29 is 33.0 Å². The zero-order valence-electron chi connectivity index (χ0n) is 18.7. The van der Waals surface area contributed by atoms with Crippen LogP contribution in [-0.2, 0) is 14.3 Å². The van der Waals surface area contributed by atoms with Crippen LogP contribution >= 0.6 is 0 Å². The third kappa shape index (κ3) is 4.34. The number of hydrogen-bond acceptors (Lipinski definition) is 4. The average Bonchev–Trinajstić information content (AvgIpc) is 3.36. The Morgan fingerprint density at radius 2 is 1.71 bits per heavy atom. The second-order valence-electron chi connectivity index (χ2n) is 8.84. The number of rotatable bonds is 7. The molecule has 1 fully saturated rings. The van der Waals surface area contributed by atoms with Crippen LogP contribution in [0.1, 0.15) is 43.2 Å². The minimum atomic E-state index is -3.02. The Kier molecular flexibility index (Phi) is 6.54. The van der Waals surface area contributed by atoms with Gasteiger partial charge in [-0.15, -0.1) is 0 Å². The Labute approximate surface area is 195 Å². The number of carbonyl (C=O) groups excluding carboxylic acids is 2. The van der Waals surface area contributed by atoms with E-state index in [1.807, 2.05) is 48.5 Å². The van der Waals surface area contributed by atoms with E-state index in [0.717, 1.165) is 27.2 Å². The van der Waals surface area contributed by atoms with Crippen LogP contribution in [0.3, 0.4) is 0 Å². The third-order valence-electron chi connectivity index (χ3n) is 6.75. The lowest BCUT2D eigenvalue weighted by molar-refractivity contribution is -0.155. The number of likely N-dealkylation sites (tertiary alicyclic amines) is 1. The lowest BCUT2D eigenvalue weighted by Gasteiger charge is -2.32. The van der Waals surface area contributed by atoms with Crippen LogP contribution in [0.2, 0.25) is 0 Å². The highest BCUT2D eigenvalue weighted by Crippen LogP contribution is 2.44. The molecular formula is C25H26F2N2O5. The number of nitrogens with zero attached hydrogens (tertiary/aromatic N) is 1. The van der Waals surface area contributed by atoms with Crippen molar-refractivity contribution >= 4 is 18.0 Å². The fourth-order valence-corrected chi connectivity index (χ4v) is 4.88. The SMILES string of the molecule is C[C@]1(C(=O)O)CCCN1C(=O)CC(NC(=O)OCC1c2ccccc2-c2ccccc21)C(F)F. The molecule has 2 amide bonds. The Morgan fingerprint density at radius 3 is 2.26 bits per heavy atom. The summed E-state index contributed by atoms with van der Waals surface area (Å²) in [6.07, 6.45) is -4.09. The Morgan fingerprint density at radius 1 is 1.12 bits per heavy atom. The van der Waals surface area contributed by atoms with Gasteiger partial charge in [-0.2, -0.15) is 0 Å². The van der Waals surface area contributed by atoms with Crippen LogP contribution < -0.4 is 5.32 Å². The normalized spacial score (nSPS) is 20.1. The fraction of sp³-hybridized carbons (Fsp3) is 0.400. The first kappa shape index (κ1) is 23.7. The maximum absolute atomic E-state index is 13.6. The molecular weight excluding hydrogens is 446 g/mol. The van der Waals surface area contributed by atoms with Crippen molar-refractivity contribution in [1.82, 2.24) is 10.2 Å². The van der Waals surface area contributed by atoms with E-state index in [9.17, 15) is 28.3 Å². The predicted molar refractivity (Wildman–Crippen MR) is 120 cm³/mol. The van der Waals surface area contributed by atoms with E-state index in [1.165, 1.54) is 6.92 Å². The van der Waals surface area contributed by atoms with Crippen LogP contribution in [0.4, 0.5) is 13.6 Å². The monoisotopic (exact) mass is 472 g/mol. The zero-order chi connectivity index (χ0) is 24.5. The van der Waals surface area contributed by atoms with E-state index in [-0.39, 0.29) is 25.5 Å². The molecule has 1 unspecified atom stereocenters. The number of carboxylic acids is 1. The van der Waals surface area contributed by atoms with Crippen molar-refractivity contribution in [1.29, 1.82) is 0 Å². The van der Waals surface area contributed by atoms with E-state index in [4.69, 9.17) is 4.74 Å². The van der Waals surface area contributed by atoms with Gasteiger partial charge in [-0.25, -0.2) is 18.4 Å². The number of aliphatic carboxylic acids is 1. The molecule has 34 heavy (non-hydrogen) atoms. The first-order valence-corrected chi connectivity index (χ1v) is 11.2. The topological polar surface area (TPSA) is 95.9 Å². The molecule has 7 nitrogen and oxygen atoms in total. The summed E-state index contributed by atoms with van der Waals surface area (Å²) >= 11 is 0. The molecule has 1 saturated heterocycles. The molecule has 0 bridgehead atoms. The van der Waals surface area contributed by atoms with Crippen molar-refractivity contribution in [2.45, 2.75) is 50.1 Å². The zero-order valence-corrected chi connectivity index (χ0v) is 18.7. The van der Waals surface area contributed by atoms with Crippen LogP contribution in [0.25, 0.3) is 11.1 Å². The molecule has 2 N–H and O–H groups in total. The van der Waals surface area contributed by atoms with Gasteiger partial charge in [0, 0.05) is 12.5 Å². The van der Waals surface area contributed by atoms with Crippen molar-refractivity contribution in [3.63, 3.8) is 0 Å². The second kappa shape index (κ2) is 9.40. The minimum absolute atomic E-state index is 0.0486. The molecule has 0 aromatic heterocycles. The first-order valence-electron chi connectivity index (χ1n) is 11.2. The second-order valence-corrected chi connectivity index (χ2v) is 8.84. The third-order valence-corrected chi connectivity index (χ3v) is 6.75. The molecule has 180 valence electrons. The standard InChI is InChI=1S/C25H26F2N2O5/c1-25(23(31)32)11-6-12-29(25)21(30)13-20(22(26)27)28-24(33)34-14-19-17-9-4-2-7-15(17)16-8-3-5-10-18(16)19/h2-5,7-10,19-20,22H,6,11-14H2,1H3,(H,28,33)(H,31,32)/t20?,25-/m1/s1. The van der Waals surface area contributed by atoms with Crippen molar-refractivity contribution in [2.24, 2.45) is 0 Å². The quantitative estimate of drug-likeness (QED) is 0.635. The van der Waals surface area contributed by atoms with E-state index >= 15 is 0 Å². The van der Waals surface area contributed by atoms with E-state index < -0.39 is 42.4 Å². The first-order chi connectivity index (χ1) is 16.2. The summed E-state index contributed by atoms with van der Waals surface area (Å²) in [5, 5.41) is 11.6. The van der Waals surface area contributed by atoms with Crippen molar-refractivity contribution in [3.05, 3.63) is 59.7 Å². The lowest BCUT2D eigenvalue weighted by Crippen LogP contribution is -2.53. The predicted octanol–water partition coefficient (Wildman–Crippen LogP) is 4.01. The van der Waals surface area contributed by atoms with Gasteiger partial charge in [0.2, 0.25) is 5.91 Å². The number of hydrogen-bond donors (Lipinski definition) is 2. The number of benzene rings is 2. The summed E-state index contributed by atoms with van der Waals surface area (Å²) < 4.78 is 32.6. The summed E-state index contributed by atoms with van der Waals surface area (Å²) in [6.45, 7) is 1.52. The number of fused-ring (bicyclic) bond motifs is 3. The van der Waals surface area contributed by atoms with Gasteiger partial charge in [0.15, 0.2) is 0 Å². The summed E-state index contributed by atoms with van der Waals surface area (Å²) in [7, 11) is 0. The number of carbonyl (C=O) groups is 3. The Bertz CT molecular complexity index is 1060. The smallest absolute Gasteiger partial charge is 0.407 e. The van der Waals surface area contributed by atoms with Crippen molar-refractivity contribution in [3.8, 4) is 11.1 Å². The van der Waals surface area contributed by atoms with Crippen molar-refractivity contribution in [2.75, 3.05) is 13.2 Å². The molecule has 1 heterocycles. The number of alkyl halides is 2. The molecule has 1 aliphatic heterocycles. The molecule has 2 aromatic rings. The van der Waals surface area contributed by atoms with Gasteiger partial charge < -0.3 is 20.1 Å². The number of carboxylic acid groups (broad SMARTS) is 1. The largest absolute Gasteiger partial charge is 0.480 e. The highest BCUT2D eigenvalue weighted by atomic mass is 19.3. The number of halogens is 2. The summed E-state index contributed by atoms with van der Waals surface area (Å²) in [6, 6.07) is 13.7. The van der Waals surface area contributed by atoms with Crippen LogP contribution in [-0.4, -0.2) is 59.1 Å². The van der Waals surface area contributed by atoms with Crippen LogP contribution in [0.5, 0.6) is 0 Å². The van der Waals surface area contributed by atoms with Crippen LogP contribution in [0, 0.1) is 0 Å². The molecule has 4 rings (SSSR count). The molecule has 9 heteroatoms. The molecule has 0 spiro atoms. The fourth-order valence-electron chi connectivity index (χ4n) is 4.88. The maximum Gasteiger partial charge on any atom is 0.407 e. The summed E-state index contributed by atoms with van der Waals surface area (Å²) in [5.41, 5.74) is 2.61. The minimum Gasteiger partial charge on any atom is -0.480 e. The Balaban J connectivity index is 1.40. The molecule has 1 aliphatic carbocycles. The van der Waals surface area contributed by atoms with Gasteiger partial charge in [-0.3, -0.25) is 4.79 Å². The number of nitrogens with one attached hydrogen (secondary N) is 1. The van der Waals surface area contributed by atoms with Gasteiger partial charge in [0.1, 0.15) is 18.2 Å². The number of amides is 2. The van der Waals surface area contributed by atoms with E-state index in [2.05, 4.69) is 5.32 Å². The van der Waals surface area contributed by atoms with Crippen LogP contribution in [0.15, 0.2) is 48.5 Å². The molecule has 2 atom stereocenters.